The molecule has 0 aliphatic carbocycles. The zero-order chi connectivity index (χ0) is 11.8. The van der Waals surface area contributed by atoms with E-state index in [4.69, 9.17) is 4.74 Å². The fourth-order valence-electron chi connectivity index (χ4n) is 2.22. The molecule has 16 heavy (non-hydrogen) atoms. The van der Waals surface area contributed by atoms with Gasteiger partial charge in [0.15, 0.2) is 0 Å². The van der Waals surface area contributed by atoms with Crippen molar-refractivity contribution in [2.24, 2.45) is 5.92 Å². The molecule has 3 nitrogen and oxygen atoms in total. The lowest BCUT2D eigenvalue weighted by Crippen LogP contribution is -2.36. The Balaban J connectivity index is 1.98. The molecule has 1 aliphatic rings. The second-order valence-electron chi connectivity index (χ2n) is 4.83. The highest BCUT2D eigenvalue weighted by Gasteiger charge is 2.25. The molecule has 1 fully saturated rings. The second-order valence-corrected chi connectivity index (χ2v) is 4.83. The van der Waals surface area contributed by atoms with E-state index >= 15 is 0 Å². The summed E-state index contributed by atoms with van der Waals surface area (Å²) >= 11 is 0. The van der Waals surface area contributed by atoms with E-state index in [-0.39, 0.29) is 0 Å². The molecule has 0 aromatic heterocycles. The van der Waals surface area contributed by atoms with E-state index in [1.165, 1.54) is 12.8 Å². The Bertz CT molecular complexity index is 175. The van der Waals surface area contributed by atoms with Crippen molar-refractivity contribution < 1.29 is 4.74 Å². The van der Waals surface area contributed by atoms with Gasteiger partial charge in [0.25, 0.3) is 0 Å². The highest BCUT2D eigenvalue weighted by atomic mass is 16.5. The van der Waals surface area contributed by atoms with Crippen molar-refractivity contribution in [2.75, 3.05) is 26.2 Å². The summed E-state index contributed by atoms with van der Waals surface area (Å²) in [5, 5.41) is 7.02. The Morgan fingerprint density at radius 3 is 2.81 bits per heavy atom. The third kappa shape index (κ3) is 4.81. The lowest BCUT2D eigenvalue weighted by molar-refractivity contribution is 0.0873. The van der Waals surface area contributed by atoms with Crippen molar-refractivity contribution in [3.63, 3.8) is 0 Å². The smallest absolute Gasteiger partial charge is 0.0613 e. The van der Waals surface area contributed by atoms with Crippen LogP contribution in [0.15, 0.2) is 0 Å². The van der Waals surface area contributed by atoms with Crippen molar-refractivity contribution in [3.05, 3.63) is 0 Å². The normalized spacial score (nSPS) is 27.2. The molecule has 0 aromatic carbocycles. The topological polar surface area (TPSA) is 33.3 Å². The Kier molecular flexibility index (Phi) is 7.01. The molecule has 2 N–H and O–H groups in total. The van der Waals surface area contributed by atoms with Crippen LogP contribution in [-0.4, -0.2) is 38.4 Å². The second kappa shape index (κ2) is 8.04. The minimum Gasteiger partial charge on any atom is -0.378 e. The van der Waals surface area contributed by atoms with Gasteiger partial charge in [0.2, 0.25) is 0 Å². The number of hydrogen-bond acceptors (Lipinski definition) is 3. The van der Waals surface area contributed by atoms with Gasteiger partial charge in [-0.3, -0.25) is 0 Å². The first-order valence-corrected chi connectivity index (χ1v) is 6.83. The van der Waals surface area contributed by atoms with Crippen LogP contribution in [0.3, 0.4) is 0 Å². The third-order valence-corrected chi connectivity index (χ3v) is 3.56. The van der Waals surface area contributed by atoms with Gasteiger partial charge in [-0.15, -0.1) is 0 Å². The predicted octanol–water partition coefficient (Wildman–Crippen LogP) is 1.78. The molecule has 1 heterocycles. The molecule has 0 radical (unpaired) electrons. The summed E-state index contributed by atoms with van der Waals surface area (Å²) in [5.41, 5.74) is 0. The lowest BCUT2D eigenvalue weighted by Gasteiger charge is -2.18. The van der Waals surface area contributed by atoms with E-state index in [0.29, 0.717) is 12.1 Å². The van der Waals surface area contributed by atoms with E-state index < -0.39 is 0 Å². The maximum absolute atomic E-state index is 5.67. The largest absolute Gasteiger partial charge is 0.378 e. The number of nitrogens with one attached hydrogen (secondary N) is 2. The van der Waals surface area contributed by atoms with Crippen molar-refractivity contribution in [1.29, 1.82) is 0 Å². The van der Waals surface area contributed by atoms with Gasteiger partial charge in [-0.1, -0.05) is 13.8 Å². The summed E-state index contributed by atoms with van der Waals surface area (Å²) in [6.07, 6.45) is 4.07. The molecule has 1 rings (SSSR count). The Hall–Kier alpha value is -0.120. The number of ether oxygens (including phenoxy) is 1. The van der Waals surface area contributed by atoms with E-state index in [1.54, 1.807) is 0 Å². The molecule has 0 amide bonds. The Morgan fingerprint density at radius 2 is 2.12 bits per heavy atom. The molecular weight excluding hydrogens is 200 g/mol. The standard InChI is InChI=1S/C13H28N2O/c1-4-11(3)15-8-7-14-10-12-6-9-16-13(12)5-2/h11-15H,4-10H2,1-3H3. The highest BCUT2D eigenvalue weighted by molar-refractivity contribution is 4.77. The van der Waals surface area contributed by atoms with Gasteiger partial charge in [0, 0.05) is 32.3 Å². The molecule has 96 valence electrons. The molecule has 0 saturated carbocycles. The van der Waals surface area contributed by atoms with Crippen LogP contribution < -0.4 is 10.6 Å². The summed E-state index contributed by atoms with van der Waals surface area (Å²) in [4.78, 5) is 0. The molecule has 3 heteroatoms. The van der Waals surface area contributed by atoms with Crippen LogP contribution in [0.5, 0.6) is 0 Å². The fourth-order valence-corrected chi connectivity index (χ4v) is 2.22. The average Bonchev–Trinajstić information content (AvgIpc) is 2.75. The van der Waals surface area contributed by atoms with E-state index in [2.05, 4.69) is 31.4 Å². The molecule has 0 spiro atoms. The van der Waals surface area contributed by atoms with Gasteiger partial charge in [0.05, 0.1) is 6.10 Å². The van der Waals surface area contributed by atoms with Gasteiger partial charge in [-0.05, 0) is 32.1 Å². The SMILES string of the molecule is CCC(C)NCCNCC1CCOC1CC. The van der Waals surface area contributed by atoms with Gasteiger partial charge < -0.3 is 15.4 Å². The first-order valence-electron chi connectivity index (χ1n) is 6.83. The Morgan fingerprint density at radius 1 is 1.31 bits per heavy atom. The van der Waals surface area contributed by atoms with Crippen LogP contribution in [0.2, 0.25) is 0 Å². The van der Waals surface area contributed by atoms with Crippen molar-refractivity contribution in [1.82, 2.24) is 10.6 Å². The number of hydrogen-bond donors (Lipinski definition) is 2. The first kappa shape index (κ1) is 13.9. The van der Waals surface area contributed by atoms with Crippen molar-refractivity contribution in [2.45, 2.75) is 52.2 Å². The maximum Gasteiger partial charge on any atom is 0.0613 e. The van der Waals surface area contributed by atoms with E-state index in [9.17, 15) is 0 Å². The third-order valence-electron chi connectivity index (χ3n) is 3.56. The minimum absolute atomic E-state index is 0.495. The van der Waals surface area contributed by atoms with Gasteiger partial charge in [0.1, 0.15) is 0 Å². The molecule has 0 bridgehead atoms. The van der Waals surface area contributed by atoms with Crippen LogP contribution in [-0.2, 0) is 4.74 Å². The monoisotopic (exact) mass is 228 g/mol. The average molecular weight is 228 g/mol. The van der Waals surface area contributed by atoms with Crippen LogP contribution >= 0.6 is 0 Å². The zero-order valence-corrected chi connectivity index (χ0v) is 11.1. The fraction of sp³-hybridized carbons (Fsp3) is 1.00. The maximum atomic E-state index is 5.67. The van der Waals surface area contributed by atoms with Gasteiger partial charge >= 0.3 is 0 Å². The highest BCUT2D eigenvalue weighted by Crippen LogP contribution is 2.22. The molecule has 3 atom stereocenters. The summed E-state index contributed by atoms with van der Waals surface area (Å²) in [5.74, 6) is 0.730. The summed E-state index contributed by atoms with van der Waals surface area (Å²) in [7, 11) is 0. The van der Waals surface area contributed by atoms with Crippen LogP contribution in [0.1, 0.15) is 40.0 Å². The van der Waals surface area contributed by atoms with Crippen LogP contribution in [0, 0.1) is 5.92 Å². The minimum atomic E-state index is 0.495. The zero-order valence-electron chi connectivity index (χ0n) is 11.1. The molecular formula is C13H28N2O. The quantitative estimate of drug-likeness (QED) is 0.621. The molecule has 1 aliphatic heterocycles. The summed E-state index contributed by atoms with van der Waals surface area (Å²) in [6, 6.07) is 0.639. The van der Waals surface area contributed by atoms with Crippen LogP contribution in [0.25, 0.3) is 0 Å². The summed E-state index contributed by atoms with van der Waals surface area (Å²) < 4.78 is 5.67. The first-order chi connectivity index (χ1) is 7.77. The summed E-state index contributed by atoms with van der Waals surface area (Å²) in [6.45, 7) is 10.9. The van der Waals surface area contributed by atoms with E-state index in [1.807, 2.05) is 0 Å². The van der Waals surface area contributed by atoms with Gasteiger partial charge in [-0.25, -0.2) is 0 Å². The Labute approximate surface area is 100 Å². The lowest BCUT2D eigenvalue weighted by atomic mass is 10.00. The van der Waals surface area contributed by atoms with Crippen molar-refractivity contribution >= 4 is 0 Å². The number of rotatable bonds is 8. The van der Waals surface area contributed by atoms with E-state index in [0.717, 1.165) is 38.6 Å². The molecule has 3 unspecified atom stereocenters. The van der Waals surface area contributed by atoms with Crippen LogP contribution in [0.4, 0.5) is 0 Å². The predicted molar refractivity (Wildman–Crippen MR) is 68.8 cm³/mol. The molecule has 0 aromatic rings. The van der Waals surface area contributed by atoms with Crippen molar-refractivity contribution in [3.8, 4) is 0 Å². The van der Waals surface area contributed by atoms with Gasteiger partial charge in [-0.2, -0.15) is 0 Å². The molecule has 1 saturated heterocycles.